The van der Waals surface area contributed by atoms with Gasteiger partial charge in [0.15, 0.2) is 0 Å². The summed E-state index contributed by atoms with van der Waals surface area (Å²) < 4.78 is 25.8. The summed E-state index contributed by atoms with van der Waals surface area (Å²) in [6.07, 6.45) is 0. The lowest BCUT2D eigenvalue weighted by Gasteiger charge is -2.27. The minimum atomic E-state index is -3.64. The molecule has 0 unspecified atom stereocenters. The topological polar surface area (TPSA) is 66.5 Å². The molecule has 0 aliphatic rings. The Morgan fingerprint density at radius 2 is 1.59 bits per heavy atom. The largest absolute Gasteiger partial charge is 0.352 e. The van der Waals surface area contributed by atoms with Crippen molar-refractivity contribution in [2.45, 2.75) is 38.6 Å². The fraction of sp³-hybridized carbons (Fsp3) is 0.562. The van der Waals surface area contributed by atoms with Crippen molar-refractivity contribution >= 4 is 15.9 Å². The lowest BCUT2D eigenvalue weighted by Crippen LogP contribution is -2.46. The van der Waals surface area contributed by atoms with E-state index in [1.54, 1.807) is 18.2 Å². The lowest BCUT2D eigenvalue weighted by atomic mass is 9.93. The number of rotatable bonds is 7. The Morgan fingerprint density at radius 1 is 1.09 bits per heavy atom. The molecule has 0 aromatic heterocycles. The molecule has 124 valence electrons. The average molecular weight is 326 g/mol. The maximum atomic E-state index is 12.4. The first kappa shape index (κ1) is 18.6. The summed E-state index contributed by atoms with van der Waals surface area (Å²) in [7, 11) is -2.22. The van der Waals surface area contributed by atoms with Crippen molar-refractivity contribution in [1.82, 2.24) is 9.62 Å². The van der Waals surface area contributed by atoms with Crippen LogP contribution in [0.1, 0.15) is 27.7 Å². The van der Waals surface area contributed by atoms with Crippen molar-refractivity contribution in [3.8, 4) is 0 Å². The van der Waals surface area contributed by atoms with Gasteiger partial charge in [0.1, 0.15) is 0 Å². The molecule has 6 heteroatoms. The Balaban J connectivity index is 2.76. The monoisotopic (exact) mass is 326 g/mol. The van der Waals surface area contributed by atoms with E-state index in [4.69, 9.17) is 0 Å². The van der Waals surface area contributed by atoms with Crippen LogP contribution >= 0.6 is 0 Å². The second-order valence-corrected chi connectivity index (χ2v) is 8.20. The molecule has 0 fully saturated rings. The molecule has 0 aliphatic carbocycles. The molecule has 0 radical (unpaired) electrons. The van der Waals surface area contributed by atoms with E-state index in [9.17, 15) is 13.2 Å². The maximum Gasteiger partial charge on any atom is 0.243 e. The molecule has 1 N–H and O–H groups in total. The third-order valence-corrected chi connectivity index (χ3v) is 5.40. The fourth-order valence-corrected chi connectivity index (χ4v) is 3.54. The van der Waals surface area contributed by atoms with E-state index in [0.717, 1.165) is 4.31 Å². The van der Waals surface area contributed by atoms with Crippen LogP contribution in [0.2, 0.25) is 0 Å². The summed E-state index contributed by atoms with van der Waals surface area (Å²) in [6.45, 7) is 7.96. The van der Waals surface area contributed by atoms with E-state index in [2.05, 4.69) is 5.32 Å². The van der Waals surface area contributed by atoms with Crippen LogP contribution in [0.3, 0.4) is 0 Å². The molecule has 1 aromatic rings. The van der Waals surface area contributed by atoms with Gasteiger partial charge in [-0.25, -0.2) is 8.42 Å². The zero-order valence-electron chi connectivity index (χ0n) is 13.9. The third kappa shape index (κ3) is 4.81. The fourth-order valence-electron chi connectivity index (χ4n) is 2.39. The number of amides is 1. The zero-order chi connectivity index (χ0) is 16.9. The molecule has 0 atom stereocenters. The van der Waals surface area contributed by atoms with Crippen molar-refractivity contribution < 1.29 is 13.2 Å². The van der Waals surface area contributed by atoms with Crippen LogP contribution in [-0.2, 0) is 14.8 Å². The quantitative estimate of drug-likeness (QED) is 0.834. The molecule has 0 aliphatic heterocycles. The second kappa shape index (κ2) is 7.74. The molecule has 1 amide bonds. The van der Waals surface area contributed by atoms with Crippen LogP contribution < -0.4 is 5.32 Å². The Hall–Kier alpha value is -1.40. The Morgan fingerprint density at radius 3 is 2.05 bits per heavy atom. The van der Waals surface area contributed by atoms with Gasteiger partial charge in [0.2, 0.25) is 15.9 Å². The van der Waals surface area contributed by atoms with Gasteiger partial charge in [0.05, 0.1) is 11.4 Å². The van der Waals surface area contributed by atoms with E-state index in [1.165, 1.54) is 19.2 Å². The van der Waals surface area contributed by atoms with Crippen LogP contribution in [0.4, 0.5) is 0 Å². The van der Waals surface area contributed by atoms with E-state index >= 15 is 0 Å². The minimum Gasteiger partial charge on any atom is -0.352 e. The molecule has 0 saturated heterocycles. The Bertz CT molecular complexity index is 575. The van der Waals surface area contributed by atoms with Crippen molar-refractivity contribution in [3.63, 3.8) is 0 Å². The molecule has 0 bridgehead atoms. The van der Waals surface area contributed by atoms with Gasteiger partial charge in [-0.05, 0) is 24.0 Å². The first-order valence-corrected chi connectivity index (χ1v) is 8.91. The molecule has 0 saturated carbocycles. The van der Waals surface area contributed by atoms with Crippen LogP contribution in [0.15, 0.2) is 35.2 Å². The maximum absolute atomic E-state index is 12.4. The van der Waals surface area contributed by atoms with Gasteiger partial charge in [0, 0.05) is 13.1 Å². The van der Waals surface area contributed by atoms with Gasteiger partial charge in [-0.15, -0.1) is 0 Å². The highest BCUT2D eigenvalue weighted by Crippen LogP contribution is 2.14. The van der Waals surface area contributed by atoms with E-state index in [0.29, 0.717) is 11.8 Å². The molecular formula is C16H26N2O3S. The normalized spacial score (nSPS) is 12.4. The number of likely N-dealkylation sites (N-methyl/N-ethyl adjacent to an activating group) is 1. The van der Waals surface area contributed by atoms with Crippen LogP contribution in [0, 0.1) is 11.8 Å². The van der Waals surface area contributed by atoms with Crippen molar-refractivity contribution in [2.24, 2.45) is 11.8 Å². The second-order valence-electron chi connectivity index (χ2n) is 6.16. The summed E-state index contributed by atoms with van der Waals surface area (Å²) in [5, 5.41) is 2.93. The average Bonchev–Trinajstić information content (AvgIpc) is 2.44. The number of nitrogens with one attached hydrogen (secondary N) is 1. The highest BCUT2D eigenvalue weighted by molar-refractivity contribution is 7.89. The SMILES string of the molecule is CC(C)C(NC(=O)CN(C)S(=O)(=O)c1ccccc1)C(C)C. The van der Waals surface area contributed by atoms with E-state index in [1.807, 2.05) is 27.7 Å². The third-order valence-electron chi connectivity index (χ3n) is 3.58. The highest BCUT2D eigenvalue weighted by Gasteiger charge is 2.25. The van der Waals surface area contributed by atoms with E-state index < -0.39 is 10.0 Å². The lowest BCUT2D eigenvalue weighted by molar-refractivity contribution is -0.122. The minimum absolute atomic E-state index is 0.0281. The summed E-state index contributed by atoms with van der Waals surface area (Å²) >= 11 is 0. The molecule has 22 heavy (non-hydrogen) atoms. The van der Waals surface area contributed by atoms with Crippen LogP contribution in [0.5, 0.6) is 0 Å². The zero-order valence-corrected chi connectivity index (χ0v) is 14.7. The van der Waals surface area contributed by atoms with Gasteiger partial charge >= 0.3 is 0 Å². The first-order valence-electron chi connectivity index (χ1n) is 7.47. The van der Waals surface area contributed by atoms with E-state index in [-0.39, 0.29) is 23.4 Å². The van der Waals surface area contributed by atoms with Gasteiger partial charge in [-0.1, -0.05) is 45.9 Å². The van der Waals surface area contributed by atoms with Gasteiger partial charge in [-0.3, -0.25) is 4.79 Å². The molecular weight excluding hydrogens is 300 g/mol. The molecule has 1 rings (SSSR count). The molecule has 0 spiro atoms. The van der Waals surface area contributed by atoms with Crippen molar-refractivity contribution in [1.29, 1.82) is 0 Å². The number of hydrogen-bond acceptors (Lipinski definition) is 3. The van der Waals surface area contributed by atoms with Crippen LogP contribution in [0.25, 0.3) is 0 Å². The number of sulfonamides is 1. The van der Waals surface area contributed by atoms with Gasteiger partial charge in [-0.2, -0.15) is 4.31 Å². The van der Waals surface area contributed by atoms with Gasteiger partial charge in [0.25, 0.3) is 0 Å². The number of carbonyl (C=O) groups is 1. The highest BCUT2D eigenvalue weighted by atomic mass is 32.2. The number of hydrogen-bond donors (Lipinski definition) is 1. The number of carbonyl (C=O) groups excluding carboxylic acids is 1. The van der Waals surface area contributed by atoms with Crippen molar-refractivity contribution in [3.05, 3.63) is 30.3 Å². The summed E-state index contributed by atoms with van der Waals surface area (Å²) in [4.78, 5) is 12.3. The molecule has 1 aromatic carbocycles. The Kier molecular flexibility index (Phi) is 6.56. The summed E-state index contributed by atoms with van der Waals surface area (Å²) in [5.41, 5.74) is 0. The molecule has 5 nitrogen and oxygen atoms in total. The predicted octanol–water partition coefficient (Wildman–Crippen LogP) is 2.10. The van der Waals surface area contributed by atoms with Gasteiger partial charge < -0.3 is 5.32 Å². The summed E-state index contributed by atoms with van der Waals surface area (Å²) in [6, 6.07) is 8.15. The molecule has 0 heterocycles. The number of benzene rings is 1. The standard InChI is InChI=1S/C16H26N2O3S/c1-12(2)16(13(3)4)17-15(19)11-18(5)22(20,21)14-9-7-6-8-10-14/h6-10,12-13,16H,11H2,1-5H3,(H,17,19). The summed E-state index contributed by atoms with van der Waals surface area (Å²) in [5.74, 6) is 0.300. The predicted molar refractivity (Wildman–Crippen MR) is 87.9 cm³/mol. The van der Waals surface area contributed by atoms with Crippen molar-refractivity contribution in [2.75, 3.05) is 13.6 Å². The first-order chi connectivity index (χ1) is 10.2. The number of nitrogens with zero attached hydrogens (tertiary/aromatic N) is 1. The van der Waals surface area contributed by atoms with Crippen LogP contribution in [-0.4, -0.2) is 38.3 Å². The smallest absolute Gasteiger partial charge is 0.243 e. The Labute approximate surface area is 133 Å².